The van der Waals surface area contributed by atoms with Crippen molar-refractivity contribution in [1.82, 2.24) is 9.97 Å². The molecule has 0 aliphatic heterocycles. The third-order valence-corrected chi connectivity index (χ3v) is 7.20. The first-order chi connectivity index (χ1) is 21.5. The standard InChI is InChI=1S/C34H36N2O2.2C2H4O2.Zn/c1-33(2,3)23-13-17-29(37-7)25(19-23)27-15-11-21-9-10-22-12-16-28(36-32(22)31(21)35-27)26-20-24(34(4,5)6)14-18-30(26)38-8;2*1-2(3)4;/h9-20H,1-8H3;2*1H3,(H,3,4);. The van der Waals surface area contributed by atoms with E-state index in [2.05, 4.69) is 102 Å². The Kier molecular flexibility index (Phi) is 13.2. The van der Waals surface area contributed by atoms with E-state index < -0.39 is 11.9 Å². The molecule has 0 aliphatic rings. The Morgan fingerprint density at radius 1 is 0.574 bits per heavy atom. The number of aliphatic carboxylic acids is 2. The second kappa shape index (κ2) is 16.0. The van der Waals surface area contributed by atoms with Crippen molar-refractivity contribution in [2.75, 3.05) is 14.2 Å². The van der Waals surface area contributed by atoms with Gasteiger partial charge in [-0.25, -0.2) is 9.97 Å². The Bertz CT molecular complexity index is 1730. The van der Waals surface area contributed by atoms with Crippen LogP contribution in [0.4, 0.5) is 0 Å². The van der Waals surface area contributed by atoms with Crippen LogP contribution in [0.3, 0.4) is 0 Å². The fourth-order valence-corrected chi connectivity index (χ4v) is 4.82. The van der Waals surface area contributed by atoms with Gasteiger partial charge in [0.25, 0.3) is 11.9 Å². The third kappa shape index (κ3) is 10.1. The third-order valence-electron chi connectivity index (χ3n) is 7.20. The minimum Gasteiger partial charge on any atom is -0.496 e. The minimum atomic E-state index is -0.833. The molecule has 47 heavy (non-hydrogen) atoms. The fraction of sp³-hybridized carbons (Fsp3) is 0.316. The van der Waals surface area contributed by atoms with Crippen LogP contribution < -0.4 is 9.47 Å². The number of hydrogen-bond acceptors (Lipinski definition) is 6. The molecule has 8 nitrogen and oxygen atoms in total. The predicted octanol–water partition coefficient (Wildman–Crippen LogP) is 8.91. The summed E-state index contributed by atoms with van der Waals surface area (Å²) in [5.74, 6) is -0.0510. The maximum atomic E-state index is 9.00. The number of fused-ring (bicyclic) bond motifs is 3. The van der Waals surface area contributed by atoms with E-state index in [-0.39, 0.29) is 30.3 Å². The van der Waals surface area contributed by atoms with Gasteiger partial charge in [0.2, 0.25) is 0 Å². The Labute approximate surface area is 289 Å². The van der Waals surface area contributed by atoms with Gasteiger partial charge in [-0.2, -0.15) is 0 Å². The topological polar surface area (TPSA) is 119 Å². The number of rotatable bonds is 4. The first-order valence-corrected chi connectivity index (χ1v) is 14.9. The number of hydrogen-bond donors (Lipinski definition) is 2. The molecule has 0 atom stereocenters. The average Bonchev–Trinajstić information content (AvgIpc) is 2.98. The number of carbonyl (C=O) groups is 2. The van der Waals surface area contributed by atoms with Gasteiger partial charge in [0.15, 0.2) is 0 Å². The smallest absolute Gasteiger partial charge is 0.300 e. The molecule has 9 heteroatoms. The van der Waals surface area contributed by atoms with Gasteiger partial charge in [0.1, 0.15) is 11.5 Å². The van der Waals surface area contributed by atoms with Crippen LogP contribution in [0, 0.1) is 0 Å². The van der Waals surface area contributed by atoms with Crippen molar-refractivity contribution < 1.29 is 48.8 Å². The first-order valence-electron chi connectivity index (χ1n) is 14.9. The summed E-state index contributed by atoms with van der Waals surface area (Å²) >= 11 is 0. The van der Waals surface area contributed by atoms with Crippen LogP contribution in [0.25, 0.3) is 44.3 Å². The van der Waals surface area contributed by atoms with E-state index in [0.29, 0.717) is 0 Å². The number of methoxy groups -OCH3 is 2. The molecule has 5 aromatic rings. The van der Waals surface area contributed by atoms with Crippen molar-refractivity contribution in [3.8, 4) is 34.0 Å². The van der Waals surface area contributed by atoms with Crippen LogP contribution in [0.1, 0.15) is 66.5 Å². The van der Waals surface area contributed by atoms with Crippen LogP contribution in [-0.4, -0.2) is 46.3 Å². The molecular weight excluding hydrogens is 646 g/mol. The zero-order chi connectivity index (χ0) is 34.4. The molecular formula is C38H44N2O6Zn. The minimum absolute atomic E-state index is 0. The second-order valence-electron chi connectivity index (χ2n) is 13.0. The molecule has 0 saturated carbocycles. The molecule has 2 aromatic heterocycles. The molecule has 0 aliphatic carbocycles. The van der Waals surface area contributed by atoms with Gasteiger partial charge in [-0.05, 0) is 58.4 Å². The van der Waals surface area contributed by atoms with Crippen molar-refractivity contribution in [3.63, 3.8) is 0 Å². The van der Waals surface area contributed by atoms with Crippen LogP contribution in [0.15, 0.2) is 72.8 Å². The molecule has 0 spiro atoms. The molecule has 2 N–H and O–H groups in total. The number of pyridine rings is 2. The Balaban J connectivity index is 0.000000769. The maximum Gasteiger partial charge on any atom is 0.300 e. The van der Waals surface area contributed by atoms with Crippen LogP contribution in [0.2, 0.25) is 0 Å². The Morgan fingerprint density at radius 2 is 0.872 bits per heavy atom. The monoisotopic (exact) mass is 688 g/mol. The molecule has 244 valence electrons. The summed E-state index contributed by atoms with van der Waals surface area (Å²) in [7, 11) is 3.41. The summed E-state index contributed by atoms with van der Waals surface area (Å²) in [4.78, 5) is 28.3. The van der Waals surface area contributed by atoms with Gasteiger partial charge in [-0.1, -0.05) is 77.9 Å². The summed E-state index contributed by atoms with van der Waals surface area (Å²) < 4.78 is 11.5. The zero-order valence-electron chi connectivity index (χ0n) is 29.1. The zero-order valence-corrected chi connectivity index (χ0v) is 32.0. The van der Waals surface area contributed by atoms with Crippen molar-refractivity contribution in [2.24, 2.45) is 0 Å². The van der Waals surface area contributed by atoms with E-state index in [1.54, 1.807) is 14.2 Å². The van der Waals surface area contributed by atoms with Crippen molar-refractivity contribution in [3.05, 3.63) is 83.9 Å². The van der Waals surface area contributed by atoms with E-state index in [1.165, 1.54) is 11.1 Å². The SMILES string of the molecule is CC(=O)O.CC(=O)O.COc1ccc(C(C)(C)C)cc1-c1ccc2ccc3ccc(-c4cc(C(C)(C)C)ccc4OC)nc3c2n1.[Zn]. The van der Waals surface area contributed by atoms with Gasteiger partial charge < -0.3 is 19.7 Å². The number of benzene rings is 3. The molecule has 0 bridgehead atoms. The van der Waals surface area contributed by atoms with Crippen molar-refractivity contribution >= 4 is 33.7 Å². The summed E-state index contributed by atoms with van der Waals surface area (Å²) in [5, 5.41) is 16.9. The first kappa shape index (κ1) is 38.8. The predicted molar refractivity (Wildman–Crippen MR) is 185 cm³/mol. The molecule has 5 rings (SSSR count). The van der Waals surface area contributed by atoms with E-state index in [1.807, 2.05) is 12.1 Å². The van der Waals surface area contributed by atoms with E-state index in [0.717, 1.165) is 69.7 Å². The van der Waals surface area contributed by atoms with Gasteiger partial charge in [0.05, 0.1) is 36.6 Å². The van der Waals surface area contributed by atoms with Gasteiger partial charge in [-0.15, -0.1) is 0 Å². The summed E-state index contributed by atoms with van der Waals surface area (Å²) in [5.41, 5.74) is 7.94. The summed E-state index contributed by atoms with van der Waals surface area (Å²) in [6, 6.07) is 25.3. The normalized spacial score (nSPS) is 10.9. The molecule has 0 saturated heterocycles. The maximum absolute atomic E-state index is 9.00. The van der Waals surface area contributed by atoms with Crippen LogP contribution in [0.5, 0.6) is 11.5 Å². The molecule has 0 fully saturated rings. The second-order valence-corrected chi connectivity index (χ2v) is 13.0. The molecule has 2 heterocycles. The largest absolute Gasteiger partial charge is 0.496 e. The number of carboxylic acids is 2. The van der Waals surface area contributed by atoms with Crippen molar-refractivity contribution in [2.45, 2.75) is 66.2 Å². The van der Waals surface area contributed by atoms with E-state index in [4.69, 9.17) is 39.2 Å². The molecule has 0 unspecified atom stereocenters. The van der Waals surface area contributed by atoms with Crippen LogP contribution >= 0.6 is 0 Å². The molecule has 3 aromatic carbocycles. The Morgan fingerprint density at radius 3 is 1.15 bits per heavy atom. The number of aromatic nitrogens is 2. The molecule has 0 radical (unpaired) electrons. The van der Waals surface area contributed by atoms with E-state index in [9.17, 15) is 0 Å². The number of nitrogens with zero attached hydrogens (tertiary/aromatic N) is 2. The average molecular weight is 690 g/mol. The number of ether oxygens (including phenoxy) is 2. The van der Waals surface area contributed by atoms with Crippen molar-refractivity contribution in [1.29, 1.82) is 0 Å². The number of carboxylic acid groups (broad SMARTS) is 2. The van der Waals surface area contributed by atoms with Gasteiger partial charge >= 0.3 is 0 Å². The summed E-state index contributed by atoms with van der Waals surface area (Å²) in [6.45, 7) is 15.5. The van der Waals surface area contributed by atoms with Gasteiger partial charge in [0, 0.05) is 55.2 Å². The van der Waals surface area contributed by atoms with E-state index >= 15 is 0 Å². The fourth-order valence-electron chi connectivity index (χ4n) is 4.82. The quantitative estimate of drug-likeness (QED) is 0.142. The summed E-state index contributed by atoms with van der Waals surface area (Å²) in [6.07, 6.45) is 0. The molecule has 0 amide bonds. The Hall–Kier alpha value is -4.36. The van der Waals surface area contributed by atoms with Gasteiger partial charge in [-0.3, -0.25) is 9.59 Å². The van der Waals surface area contributed by atoms with Crippen LogP contribution in [-0.2, 0) is 39.9 Å².